The van der Waals surface area contributed by atoms with Crippen LogP contribution in [-0.2, 0) is 9.53 Å². The number of methoxy groups -OCH3 is 1. The SMILES string of the molecule is CCNC(=S)NC(C(=O)OC)C(C)C. The van der Waals surface area contributed by atoms with Gasteiger partial charge in [-0.15, -0.1) is 0 Å². The molecule has 0 radical (unpaired) electrons. The Kier molecular flexibility index (Phi) is 6.19. The minimum absolute atomic E-state index is 0.138. The average molecular weight is 218 g/mol. The van der Waals surface area contributed by atoms with Gasteiger partial charge in [0.05, 0.1) is 7.11 Å². The van der Waals surface area contributed by atoms with Gasteiger partial charge in [0.2, 0.25) is 0 Å². The Hall–Kier alpha value is -0.840. The maximum Gasteiger partial charge on any atom is 0.328 e. The van der Waals surface area contributed by atoms with E-state index in [0.29, 0.717) is 5.11 Å². The van der Waals surface area contributed by atoms with Crippen LogP contribution in [0.5, 0.6) is 0 Å². The van der Waals surface area contributed by atoms with Crippen molar-refractivity contribution in [2.75, 3.05) is 13.7 Å². The van der Waals surface area contributed by atoms with Gasteiger partial charge in [-0.05, 0) is 25.1 Å². The van der Waals surface area contributed by atoms with Gasteiger partial charge in [0, 0.05) is 6.54 Å². The van der Waals surface area contributed by atoms with Crippen LogP contribution >= 0.6 is 12.2 Å². The molecule has 1 unspecified atom stereocenters. The first-order chi connectivity index (χ1) is 6.52. The Morgan fingerprint density at radius 1 is 1.50 bits per heavy atom. The van der Waals surface area contributed by atoms with E-state index in [1.54, 1.807) is 0 Å². The third-order valence-corrected chi connectivity index (χ3v) is 2.01. The molecule has 0 bridgehead atoms. The van der Waals surface area contributed by atoms with Gasteiger partial charge in [-0.2, -0.15) is 0 Å². The van der Waals surface area contributed by atoms with E-state index in [0.717, 1.165) is 6.54 Å². The summed E-state index contributed by atoms with van der Waals surface area (Å²) < 4.78 is 4.66. The minimum atomic E-state index is -0.383. The molecule has 0 aromatic heterocycles. The van der Waals surface area contributed by atoms with E-state index in [-0.39, 0.29) is 17.9 Å². The van der Waals surface area contributed by atoms with E-state index >= 15 is 0 Å². The van der Waals surface area contributed by atoms with Crippen molar-refractivity contribution in [2.24, 2.45) is 5.92 Å². The predicted molar refractivity (Wildman–Crippen MR) is 60.1 cm³/mol. The van der Waals surface area contributed by atoms with Crippen LogP contribution in [0, 0.1) is 5.92 Å². The second-order valence-corrected chi connectivity index (χ2v) is 3.66. The number of hydrogen-bond donors (Lipinski definition) is 2. The van der Waals surface area contributed by atoms with Crippen LogP contribution in [0.25, 0.3) is 0 Å². The van der Waals surface area contributed by atoms with Crippen molar-refractivity contribution in [3.05, 3.63) is 0 Å². The van der Waals surface area contributed by atoms with Crippen LogP contribution < -0.4 is 10.6 Å². The number of carbonyl (C=O) groups excluding carboxylic acids is 1. The smallest absolute Gasteiger partial charge is 0.328 e. The van der Waals surface area contributed by atoms with Gasteiger partial charge in [0.15, 0.2) is 5.11 Å². The molecule has 5 heteroatoms. The third-order valence-electron chi connectivity index (χ3n) is 1.75. The quantitative estimate of drug-likeness (QED) is 0.536. The molecule has 4 nitrogen and oxygen atoms in total. The largest absolute Gasteiger partial charge is 0.467 e. The highest BCUT2D eigenvalue weighted by Gasteiger charge is 2.23. The summed E-state index contributed by atoms with van der Waals surface area (Å²) in [5.74, 6) is -0.153. The number of esters is 1. The first kappa shape index (κ1) is 13.2. The molecule has 0 spiro atoms. The molecule has 0 rings (SSSR count). The Morgan fingerprint density at radius 2 is 2.07 bits per heavy atom. The maximum atomic E-state index is 11.3. The summed E-state index contributed by atoms with van der Waals surface area (Å²) in [4.78, 5) is 11.3. The summed E-state index contributed by atoms with van der Waals surface area (Å²) in [6.45, 7) is 6.54. The van der Waals surface area contributed by atoms with Crippen LogP contribution in [-0.4, -0.2) is 30.8 Å². The predicted octanol–water partition coefficient (Wildman–Crippen LogP) is 0.668. The lowest BCUT2D eigenvalue weighted by molar-refractivity contribution is -0.143. The highest BCUT2D eigenvalue weighted by molar-refractivity contribution is 7.80. The van der Waals surface area contributed by atoms with Crippen LogP contribution in [0.15, 0.2) is 0 Å². The van der Waals surface area contributed by atoms with Crippen molar-refractivity contribution in [2.45, 2.75) is 26.8 Å². The van der Waals surface area contributed by atoms with E-state index in [1.807, 2.05) is 20.8 Å². The fourth-order valence-electron chi connectivity index (χ4n) is 0.978. The van der Waals surface area contributed by atoms with Crippen LogP contribution in [0.2, 0.25) is 0 Å². The molecule has 1 atom stereocenters. The Labute approximate surface area is 90.4 Å². The number of ether oxygens (including phenoxy) is 1. The molecule has 2 N–H and O–H groups in total. The maximum absolute atomic E-state index is 11.3. The van der Waals surface area contributed by atoms with Crippen molar-refractivity contribution in [1.29, 1.82) is 0 Å². The highest BCUT2D eigenvalue weighted by Crippen LogP contribution is 2.03. The molecule has 0 saturated heterocycles. The zero-order valence-electron chi connectivity index (χ0n) is 9.09. The van der Waals surface area contributed by atoms with E-state index in [2.05, 4.69) is 15.4 Å². The minimum Gasteiger partial charge on any atom is -0.467 e. The lowest BCUT2D eigenvalue weighted by atomic mass is 10.1. The van der Waals surface area contributed by atoms with Crippen molar-refractivity contribution in [1.82, 2.24) is 10.6 Å². The van der Waals surface area contributed by atoms with Gasteiger partial charge in [0.25, 0.3) is 0 Å². The molecule has 0 aliphatic rings. The summed E-state index contributed by atoms with van der Waals surface area (Å²) in [5, 5.41) is 6.32. The van der Waals surface area contributed by atoms with Crippen molar-refractivity contribution < 1.29 is 9.53 Å². The van der Waals surface area contributed by atoms with Gasteiger partial charge in [-0.3, -0.25) is 0 Å². The zero-order chi connectivity index (χ0) is 11.1. The number of hydrogen-bond acceptors (Lipinski definition) is 3. The summed E-state index contributed by atoms with van der Waals surface area (Å²) >= 11 is 4.99. The molecule has 0 aliphatic carbocycles. The topological polar surface area (TPSA) is 50.4 Å². The second kappa shape index (κ2) is 6.59. The highest BCUT2D eigenvalue weighted by atomic mass is 32.1. The fourth-order valence-corrected chi connectivity index (χ4v) is 1.25. The van der Waals surface area contributed by atoms with E-state index in [9.17, 15) is 4.79 Å². The van der Waals surface area contributed by atoms with Crippen LogP contribution in [0.1, 0.15) is 20.8 Å². The number of nitrogens with one attached hydrogen (secondary N) is 2. The monoisotopic (exact) mass is 218 g/mol. The van der Waals surface area contributed by atoms with E-state index in [4.69, 9.17) is 12.2 Å². The van der Waals surface area contributed by atoms with Gasteiger partial charge in [0.1, 0.15) is 6.04 Å². The lowest BCUT2D eigenvalue weighted by Gasteiger charge is -2.21. The molecule has 0 fully saturated rings. The average Bonchev–Trinajstić information content (AvgIpc) is 2.13. The first-order valence-corrected chi connectivity index (χ1v) is 5.05. The van der Waals surface area contributed by atoms with E-state index in [1.165, 1.54) is 7.11 Å². The van der Waals surface area contributed by atoms with Gasteiger partial charge in [-0.1, -0.05) is 13.8 Å². The summed E-state index contributed by atoms with van der Waals surface area (Å²) in [7, 11) is 1.37. The Morgan fingerprint density at radius 3 is 2.43 bits per heavy atom. The van der Waals surface area contributed by atoms with Crippen molar-refractivity contribution in [3.63, 3.8) is 0 Å². The fraction of sp³-hybridized carbons (Fsp3) is 0.778. The number of rotatable bonds is 4. The van der Waals surface area contributed by atoms with Gasteiger partial charge < -0.3 is 15.4 Å². The van der Waals surface area contributed by atoms with Gasteiger partial charge in [-0.25, -0.2) is 4.79 Å². The molecular weight excluding hydrogens is 200 g/mol. The van der Waals surface area contributed by atoms with Crippen molar-refractivity contribution in [3.8, 4) is 0 Å². The lowest BCUT2D eigenvalue weighted by Crippen LogP contribution is -2.48. The van der Waals surface area contributed by atoms with E-state index < -0.39 is 0 Å². The molecule has 82 valence electrons. The zero-order valence-corrected chi connectivity index (χ0v) is 9.90. The van der Waals surface area contributed by atoms with Crippen LogP contribution in [0.4, 0.5) is 0 Å². The molecule has 0 aromatic rings. The molecule has 0 aromatic carbocycles. The van der Waals surface area contributed by atoms with Crippen LogP contribution in [0.3, 0.4) is 0 Å². The normalized spacial score (nSPS) is 12.1. The Bertz CT molecular complexity index is 207. The third kappa shape index (κ3) is 4.41. The number of thiocarbonyl (C=S) groups is 1. The van der Waals surface area contributed by atoms with Crippen molar-refractivity contribution >= 4 is 23.3 Å². The van der Waals surface area contributed by atoms with Gasteiger partial charge >= 0.3 is 5.97 Å². The molecule has 0 amide bonds. The molecule has 0 saturated carbocycles. The molecular formula is C9H18N2O2S. The summed E-state index contributed by atoms with van der Waals surface area (Å²) in [6.07, 6.45) is 0. The molecule has 0 aliphatic heterocycles. The Balaban J connectivity index is 4.23. The first-order valence-electron chi connectivity index (χ1n) is 4.65. The number of carbonyl (C=O) groups is 1. The summed E-state index contributed by atoms with van der Waals surface area (Å²) in [6, 6.07) is -0.383. The standard InChI is InChI=1S/C9H18N2O2S/c1-5-10-9(14)11-7(6(2)3)8(12)13-4/h6-7H,5H2,1-4H3,(H2,10,11,14). The molecule has 0 heterocycles. The second-order valence-electron chi connectivity index (χ2n) is 3.25. The summed E-state index contributed by atoms with van der Waals surface area (Å²) in [5.41, 5.74) is 0. The molecule has 14 heavy (non-hydrogen) atoms.